The highest BCUT2D eigenvalue weighted by molar-refractivity contribution is 7.13. The molecule has 136 valence electrons. The first-order valence-corrected chi connectivity index (χ1v) is 9.03. The molecule has 0 radical (unpaired) electrons. The SMILES string of the molecule is C[C@H](OC(=O)Cc1n[nH]c(=O)c2ccccc12)c1nnc(-c2cccs2)o1. The van der Waals surface area contributed by atoms with Gasteiger partial charge in [-0.1, -0.05) is 24.3 Å². The van der Waals surface area contributed by atoms with Crippen LogP contribution in [0.2, 0.25) is 0 Å². The standard InChI is InChI=1S/C18H14N4O4S/c1-10(17-21-22-18(26-17)14-7-4-8-27-14)25-15(23)9-13-11-5-2-3-6-12(11)16(24)20-19-13/h2-8,10H,9H2,1H3,(H,20,24)/t10-/m0/s1. The van der Waals surface area contributed by atoms with Crippen molar-refractivity contribution in [1.82, 2.24) is 20.4 Å². The molecule has 1 atom stereocenters. The van der Waals surface area contributed by atoms with Crippen LogP contribution in [0.1, 0.15) is 24.6 Å². The molecule has 0 fully saturated rings. The van der Waals surface area contributed by atoms with E-state index in [9.17, 15) is 9.59 Å². The largest absolute Gasteiger partial charge is 0.452 e. The highest BCUT2D eigenvalue weighted by Crippen LogP contribution is 2.26. The molecule has 0 aliphatic rings. The number of carbonyl (C=O) groups excluding carboxylic acids is 1. The number of ether oxygens (including phenoxy) is 1. The predicted molar refractivity (Wildman–Crippen MR) is 98.2 cm³/mol. The summed E-state index contributed by atoms with van der Waals surface area (Å²) in [6.45, 7) is 1.65. The monoisotopic (exact) mass is 382 g/mol. The highest BCUT2D eigenvalue weighted by Gasteiger charge is 2.20. The number of rotatable bonds is 5. The van der Waals surface area contributed by atoms with Crippen molar-refractivity contribution in [2.24, 2.45) is 0 Å². The average Bonchev–Trinajstić information content (AvgIpc) is 3.35. The number of carbonyl (C=O) groups is 1. The number of hydrogen-bond donors (Lipinski definition) is 1. The fourth-order valence-electron chi connectivity index (χ4n) is 2.63. The molecule has 0 bridgehead atoms. The first-order chi connectivity index (χ1) is 13.1. The number of H-pyrrole nitrogens is 1. The second kappa shape index (κ2) is 7.12. The number of fused-ring (bicyclic) bond motifs is 1. The normalized spacial score (nSPS) is 12.2. The highest BCUT2D eigenvalue weighted by atomic mass is 32.1. The van der Waals surface area contributed by atoms with Crippen LogP contribution in [0.5, 0.6) is 0 Å². The molecule has 0 saturated carbocycles. The van der Waals surface area contributed by atoms with E-state index in [-0.39, 0.29) is 17.9 Å². The Morgan fingerprint density at radius 1 is 1.22 bits per heavy atom. The maximum Gasteiger partial charge on any atom is 0.312 e. The minimum Gasteiger partial charge on any atom is -0.452 e. The summed E-state index contributed by atoms with van der Waals surface area (Å²) in [5.74, 6) is 0.0882. The zero-order valence-electron chi connectivity index (χ0n) is 14.2. The summed E-state index contributed by atoms with van der Waals surface area (Å²) in [6, 6.07) is 10.7. The van der Waals surface area contributed by atoms with Gasteiger partial charge in [0.1, 0.15) is 0 Å². The van der Waals surface area contributed by atoms with Crippen molar-refractivity contribution < 1.29 is 13.9 Å². The molecule has 0 aliphatic heterocycles. The Morgan fingerprint density at radius 2 is 2.04 bits per heavy atom. The zero-order valence-corrected chi connectivity index (χ0v) is 15.0. The Kier molecular flexibility index (Phi) is 4.51. The van der Waals surface area contributed by atoms with Crippen molar-refractivity contribution in [2.75, 3.05) is 0 Å². The van der Waals surface area contributed by atoms with E-state index in [0.29, 0.717) is 22.4 Å². The molecule has 8 nitrogen and oxygen atoms in total. The van der Waals surface area contributed by atoms with Crippen LogP contribution in [0, 0.1) is 0 Å². The average molecular weight is 382 g/mol. The molecule has 0 amide bonds. The molecular formula is C18H14N4O4S. The van der Waals surface area contributed by atoms with E-state index in [1.54, 1.807) is 31.2 Å². The molecule has 9 heteroatoms. The minimum atomic E-state index is -0.701. The zero-order chi connectivity index (χ0) is 18.8. The van der Waals surface area contributed by atoms with E-state index in [1.807, 2.05) is 17.5 Å². The molecule has 4 rings (SSSR count). The van der Waals surface area contributed by atoms with Crippen molar-refractivity contribution in [3.8, 4) is 10.8 Å². The molecule has 0 spiro atoms. The van der Waals surface area contributed by atoms with Crippen molar-refractivity contribution >= 4 is 28.1 Å². The van der Waals surface area contributed by atoms with Gasteiger partial charge in [-0.15, -0.1) is 21.5 Å². The van der Waals surface area contributed by atoms with Crippen molar-refractivity contribution in [3.63, 3.8) is 0 Å². The number of nitrogens with zero attached hydrogens (tertiary/aromatic N) is 3. The molecule has 0 saturated heterocycles. The van der Waals surface area contributed by atoms with E-state index in [4.69, 9.17) is 9.15 Å². The van der Waals surface area contributed by atoms with E-state index >= 15 is 0 Å². The summed E-state index contributed by atoms with van der Waals surface area (Å²) >= 11 is 1.48. The fourth-order valence-corrected chi connectivity index (χ4v) is 3.28. The van der Waals surface area contributed by atoms with Gasteiger partial charge in [-0.05, 0) is 24.4 Å². The lowest BCUT2D eigenvalue weighted by Gasteiger charge is -2.09. The number of esters is 1. The number of benzene rings is 1. The summed E-state index contributed by atoms with van der Waals surface area (Å²) in [4.78, 5) is 25.0. The quantitative estimate of drug-likeness (QED) is 0.528. The molecule has 1 N–H and O–H groups in total. The van der Waals surface area contributed by atoms with Gasteiger partial charge in [-0.25, -0.2) is 5.10 Å². The lowest BCUT2D eigenvalue weighted by atomic mass is 10.1. The third-order valence-corrected chi connectivity index (χ3v) is 4.77. The van der Waals surface area contributed by atoms with Crippen LogP contribution < -0.4 is 5.56 Å². The lowest BCUT2D eigenvalue weighted by Crippen LogP contribution is -2.16. The van der Waals surface area contributed by atoms with Gasteiger partial charge in [0.25, 0.3) is 17.3 Å². The fraction of sp³-hybridized carbons (Fsp3) is 0.167. The summed E-state index contributed by atoms with van der Waals surface area (Å²) in [5.41, 5.74) is 0.134. The molecule has 4 aromatic rings. The van der Waals surface area contributed by atoms with Crippen molar-refractivity contribution in [3.05, 3.63) is 63.7 Å². The maximum atomic E-state index is 12.3. The van der Waals surface area contributed by atoms with E-state index in [1.165, 1.54) is 11.3 Å². The van der Waals surface area contributed by atoms with Gasteiger partial charge in [0.2, 0.25) is 0 Å². The van der Waals surface area contributed by atoms with E-state index < -0.39 is 12.1 Å². The van der Waals surface area contributed by atoms with Gasteiger partial charge >= 0.3 is 5.97 Å². The molecule has 3 aromatic heterocycles. The Balaban J connectivity index is 1.48. The van der Waals surface area contributed by atoms with Crippen LogP contribution >= 0.6 is 11.3 Å². The predicted octanol–water partition coefficient (Wildman–Crippen LogP) is 2.88. The summed E-state index contributed by atoms with van der Waals surface area (Å²) < 4.78 is 11.0. The molecule has 27 heavy (non-hydrogen) atoms. The van der Waals surface area contributed by atoms with Crippen LogP contribution in [0.15, 0.2) is 51.0 Å². The summed E-state index contributed by atoms with van der Waals surface area (Å²) in [7, 11) is 0. The molecule has 3 heterocycles. The van der Waals surface area contributed by atoms with Crippen molar-refractivity contribution in [2.45, 2.75) is 19.4 Å². The number of nitrogens with one attached hydrogen (secondary N) is 1. The molecule has 0 aliphatic carbocycles. The Morgan fingerprint density at radius 3 is 2.81 bits per heavy atom. The van der Waals surface area contributed by atoms with Gasteiger partial charge < -0.3 is 9.15 Å². The number of thiophene rings is 1. The first-order valence-electron chi connectivity index (χ1n) is 8.15. The van der Waals surface area contributed by atoms with Crippen LogP contribution in [-0.2, 0) is 16.0 Å². The summed E-state index contributed by atoms with van der Waals surface area (Å²) in [5, 5.41) is 17.3. The number of aromatic nitrogens is 4. The topological polar surface area (TPSA) is 111 Å². The third-order valence-electron chi connectivity index (χ3n) is 3.92. The Labute approximate surface area is 156 Å². The van der Waals surface area contributed by atoms with Gasteiger partial charge in [0, 0.05) is 5.39 Å². The number of aromatic amines is 1. The molecule has 1 aromatic carbocycles. The second-order valence-electron chi connectivity index (χ2n) is 5.78. The smallest absolute Gasteiger partial charge is 0.312 e. The van der Waals surface area contributed by atoms with Gasteiger partial charge in [-0.3, -0.25) is 9.59 Å². The molecular weight excluding hydrogens is 368 g/mol. The third kappa shape index (κ3) is 3.49. The van der Waals surface area contributed by atoms with Gasteiger partial charge in [0.15, 0.2) is 6.10 Å². The van der Waals surface area contributed by atoms with Gasteiger partial charge in [0.05, 0.1) is 22.4 Å². The van der Waals surface area contributed by atoms with Crippen LogP contribution in [0.4, 0.5) is 0 Å². The number of hydrogen-bond acceptors (Lipinski definition) is 8. The van der Waals surface area contributed by atoms with Crippen molar-refractivity contribution in [1.29, 1.82) is 0 Å². The Hall–Kier alpha value is -3.33. The maximum absolute atomic E-state index is 12.3. The lowest BCUT2D eigenvalue weighted by molar-refractivity contribution is -0.148. The first kappa shape index (κ1) is 17.1. The second-order valence-corrected chi connectivity index (χ2v) is 6.72. The van der Waals surface area contributed by atoms with E-state index in [0.717, 1.165) is 4.88 Å². The van der Waals surface area contributed by atoms with Crippen LogP contribution in [0.25, 0.3) is 21.5 Å². The minimum absolute atomic E-state index is 0.0897. The summed E-state index contributed by atoms with van der Waals surface area (Å²) in [6.07, 6.45) is -0.791. The van der Waals surface area contributed by atoms with E-state index in [2.05, 4.69) is 20.4 Å². The van der Waals surface area contributed by atoms with Crippen LogP contribution in [-0.4, -0.2) is 26.4 Å². The Bertz CT molecular complexity index is 1150. The molecule has 0 unspecified atom stereocenters. The van der Waals surface area contributed by atoms with Crippen LogP contribution in [0.3, 0.4) is 0 Å². The van der Waals surface area contributed by atoms with Gasteiger partial charge in [-0.2, -0.15) is 5.10 Å².